The molecule has 17 heavy (non-hydrogen) atoms. The molecule has 2 aromatic rings. The zero-order valence-electron chi connectivity index (χ0n) is 9.84. The van der Waals surface area contributed by atoms with E-state index in [1.807, 2.05) is 30.3 Å². The van der Waals surface area contributed by atoms with Crippen molar-refractivity contribution in [2.24, 2.45) is 0 Å². The van der Waals surface area contributed by atoms with Crippen LogP contribution in [0.3, 0.4) is 0 Å². The number of rotatable bonds is 1. The van der Waals surface area contributed by atoms with E-state index < -0.39 is 5.97 Å². The van der Waals surface area contributed by atoms with Gasteiger partial charge in [0.15, 0.2) is 0 Å². The molecule has 0 saturated carbocycles. The quantitative estimate of drug-likeness (QED) is 0.569. The van der Waals surface area contributed by atoms with Gasteiger partial charge < -0.3 is 5.11 Å². The summed E-state index contributed by atoms with van der Waals surface area (Å²) in [5, 5.41) is 8.38. The van der Waals surface area contributed by atoms with E-state index in [4.69, 9.17) is 5.11 Å². The van der Waals surface area contributed by atoms with Crippen molar-refractivity contribution in [2.45, 2.75) is 0 Å². The molecule has 0 fully saturated rings. The fourth-order valence-electron chi connectivity index (χ4n) is 1.06. The van der Waals surface area contributed by atoms with Crippen LogP contribution in [0.25, 0.3) is 0 Å². The van der Waals surface area contributed by atoms with E-state index >= 15 is 0 Å². The smallest absolute Gasteiger partial charge is 0.478 e. The molecule has 0 spiro atoms. The molecule has 2 nitrogen and oxygen atoms in total. The molecule has 1 N–H and O–H groups in total. The van der Waals surface area contributed by atoms with Gasteiger partial charge >= 0.3 is 35.5 Å². The van der Waals surface area contributed by atoms with Crippen LogP contribution < -0.4 is 29.6 Å². The Kier molecular flexibility index (Phi) is 8.24. The third-order valence-electron chi connectivity index (χ3n) is 1.86. The summed E-state index contributed by atoms with van der Waals surface area (Å²) in [6.07, 6.45) is 0. The van der Waals surface area contributed by atoms with E-state index in [0.717, 1.165) is 5.56 Å². The minimum absolute atomic E-state index is 0. The molecule has 0 aliphatic heterocycles. The molecular weight excluding hydrogens is 223 g/mol. The third kappa shape index (κ3) is 6.84. The van der Waals surface area contributed by atoms with Gasteiger partial charge in [0.2, 0.25) is 0 Å². The van der Waals surface area contributed by atoms with E-state index in [9.17, 15) is 4.79 Å². The average Bonchev–Trinajstić information content (AvgIpc) is 2.32. The van der Waals surface area contributed by atoms with Crippen LogP contribution in [0.1, 0.15) is 15.9 Å². The molecule has 2 aromatic carbocycles. The zero-order chi connectivity index (χ0) is 11.8. The standard InChI is InChI=1S/C7H6O2.C7H7.Na/c8-7(9)6-4-2-1-3-5-6;1-7-5-3-2-4-6-7;/h1-5H,(H,8,9);2-6H,1H2;/q;-1;+1. The number of hydrogen-bond donors (Lipinski definition) is 1. The molecule has 0 atom stereocenters. The van der Waals surface area contributed by atoms with Gasteiger partial charge in [-0.25, -0.2) is 4.79 Å². The van der Waals surface area contributed by atoms with Gasteiger partial charge in [-0.2, -0.15) is 24.6 Å². The summed E-state index contributed by atoms with van der Waals surface area (Å²) in [6, 6.07) is 18.2. The molecule has 0 saturated heterocycles. The summed E-state index contributed by atoms with van der Waals surface area (Å²) in [6.45, 7) is 3.72. The number of aromatic carboxylic acids is 1. The van der Waals surface area contributed by atoms with Crippen molar-refractivity contribution in [3.8, 4) is 0 Å². The first-order valence-corrected chi connectivity index (χ1v) is 4.85. The molecule has 0 amide bonds. The van der Waals surface area contributed by atoms with Gasteiger partial charge in [-0.3, -0.25) is 0 Å². The molecule has 0 radical (unpaired) electrons. The first kappa shape index (κ1) is 15.8. The van der Waals surface area contributed by atoms with E-state index in [2.05, 4.69) is 6.92 Å². The van der Waals surface area contributed by atoms with E-state index in [0.29, 0.717) is 5.56 Å². The zero-order valence-corrected chi connectivity index (χ0v) is 11.8. The second-order valence-electron chi connectivity index (χ2n) is 3.16. The van der Waals surface area contributed by atoms with Crippen LogP contribution in [0.15, 0.2) is 60.7 Å². The summed E-state index contributed by atoms with van der Waals surface area (Å²) in [5.74, 6) is -0.879. The Labute approximate surface area is 124 Å². The molecular formula is C14H13NaO2. The third-order valence-corrected chi connectivity index (χ3v) is 1.86. The first-order valence-electron chi connectivity index (χ1n) is 4.85. The van der Waals surface area contributed by atoms with Gasteiger partial charge in [-0.1, -0.05) is 24.3 Å². The second kappa shape index (κ2) is 8.88. The summed E-state index contributed by atoms with van der Waals surface area (Å²) in [5.41, 5.74) is 1.40. The molecule has 0 heterocycles. The van der Waals surface area contributed by atoms with Gasteiger partial charge in [-0.15, -0.1) is 12.1 Å². The molecule has 2 rings (SSSR count). The van der Waals surface area contributed by atoms with Crippen LogP contribution in [0, 0.1) is 6.92 Å². The van der Waals surface area contributed by atoms with Gasteiger partial charge in [0, 0.05) is 0 Å². The molecule has 0 bridgehead atoms. The summed E-state index contributed by atoms with van der Waals surface area (Å²) >= 11 is 0. The van der Waals surface area contributed by atoms with Gasteiger partial charge in [0.25, 0.3) is 0 Å². The molecule has 0 aromatic heterocycles. The number of carboxylic acid groups (broad SMARTS) is 1. The molecule has 82 valence electrons. The maximum absolute atomic E-state index is 10.2. The Morgan fingerprint density at radius 1 is 0.882 bits per heavy atom. The number of benzene rings is 2. The van der Waals surface area contributed by atoms with Crippen LogP contribution in [0.2, 0.25) is 0 Å². The second-order valence-corrected chi connectivity index (χ2v) is 3.16. The first-order chi connectivity index (χ1) is 7.70. The maximum Gasteiger partial charge on any atom is 1.00 e. The van der Waals surface area contributed by atoms with Crippen LogP contribution in [-0.2, 0) is 0 Å². The van der Waals surface area contributed by atoms with E-state index in [1.54, 1.807) is 30.3 Å². The Bertz CT molecular complexity index is 426. The normalized spacial score (nSPS) is 8.24. The van der Waals surface area contributed by atoms with Crippen molar-refractivity contribution in [3.63, 3.8) is 0 Å². The van der Waals surface area contributed by atoms with Crippen molar-refractivity contribution in [1.82, 2.24) is 0 Å². The van der Waals surface area contributed by atoms with Crippen LogP contribution in [0.4, 0.5) is 0 Å². The Morgan fingerprint density at radius 3 is 1.53 bits per heavy atom. The van der Waals surface area contributed by atoms with Crippen molar-refractivity contribution >= 4 is 5.97 Å². The van der Waals surface area contributed by atoms with Crippen molar-refractivity contribution in [1.29, 1.82) is 0 Å². The Morgan fingerprint density at radius 2 is 1.29 bits per heavy atom. The minimum atomic E-state index is -0.879. The fourth-order valence-corrected chi connectivity index (χ4v) is 1.06. The summed E-state index contributed by atoms with van der Waals surface area (Å²) < 4.78 is 0. The SMILES string of the molecule is O=C(O)c1ccccc1.[CH2-]c1ccccc1.[Na+]. The van der Waals surface area contributed by atoms with Crippen LogP contribution in [-0.4, -0.2) is 11.1 Å². The monoisotopic (exact) mass is 236 g/mol. The number of carboxylic acids is 1. The molecule has 3 heteroatoms. The average molecular weight is 236 g/mol. The summed E-state index contributed by atoms with van der Waals surface area (Å²) in [4.78, 5) is 10.2. The maximum atomic E-state index is 10.2. The van der Waals surface area contributed by atoms with Gasteiger partial charge in [0.1, 0.15) is 0 Å². The predicted molar refractivity (Wildman–Crippen MR) is 64.3 cm³/mol. The van der Waals surface area contributed by atoms with Crippen LogP contribution in [0.5, 0.6) is 0 Å². The largest absolute Gasteiger partial charge is 1.00 e. The van der Waals surface area contributed by atoms with Crippen molar-refractivity contribution < 1.29 is 39.5 Å². The van der Waals surface area contributed by atoms with Gasteiger partial charge in [-0.05, 0) is 12.1 Å². The predicted octanol–water partition coefficient (Wildman–Crippen LogP) is 0.258. The molecule has 0 aliphatic rings. The van der Waals surface area contributed by atoms with Crippen molar-refractivity contribution in [2.75, 3.05) is 0 Å². The topological polar surface area (TPSA) is 37.3 Å². The number of hydrogen-bond acceptors (Lipinski definition) is 1. The van der Waals surface area contributed by atoms with Gasteiger partial charge in [0.05, 0.1) is 5.56 Å². The molecule has 0 unspecified atom stereocenters. The number of carbonyl (C=O) groups is 1. The Balaban J connectivity index is 0.000000292. The van der Waals surface area contributed by atoms with E-state index in [1.165, 1.54) is 0 Å². The summed E-state index contributed by atoms with van der Waals surface area (Å²) in [7, 11) is 0. The fraction of sp³-hybridized carbons (Fsp3) is 0. The molecule has 0 aliphatic carbocycles. The Hall–Kier alpha value is -1.22. The van der Waals surface area contributed by atoms with E-state index in [-0.39, 0.29) is 29.6 Å². The minimum Gasteiger partial charge on any atom is -0.478 e. The van der Waals surface area contributed by atoms with Crippen molar-refractivity contribution in [3.05, 3.63) is 78.7 Å². The van der Waals surface area contributed by atoms with Crippen LogP contribution >= 0.6 is 0 Å².